The first-order valence-corrected chi connectivity index (χ1v) is 5.38. The third-order valence-electron chi connectivity index (χ3n) is 2.22. The summed E-state index contributed by atoms with van der Waals surface area (Å²) < 4.78 is 0. The molecule has 82 valence electrons. The molecule has 1 aromatic rings. The molecule has 0 saturated heterocycles. The molecule has 1 aromatic carbocycles. The average molecular weight is 226 g/mol. The summed E-state index contributed by atoms with van der Waals surface area (Å²) in [6.07, 6.45) is 2.78. The molecule has 3 heteroatoms. The van der Waals surface area contributed by atoms with Crippen molar-refractivity contribution >= 4 is 17.2 Å². The Morgan fingerprint density at radius 2 is 2.07 bits per heavy atom. The van der Waals surface area contributed by atoms with Crippen molar-refractivity contribution in [3.05, 3.63) is 40.9 Å². The predicted molar refractivity (Wildman–Crippen MR) is 64.8 cm³/mol. The van der Waals surface area contributed by atoms with Crippen molar-refractivity contribution < 1.29 is 5.11 Å². The van der Waals surface area contributed by atoms with Crippen LogP contribution in [0.1, 0.15) is 18.9 Å². The van der Waals surface area contributed by atoms with Gasteiger partial charge in [-0.05, 0) is 29.7 Å². The lowest BCUT2D eigenvalue weighted by Gasteiger charge is -2.08. The maximum absolute atomic E-state index is 8.88. The van der Waals surface area contributed by atoms with Crippen LogP contribution in [0.3, 0.4) is 0 Å². The van der Waals surface area contributed by atoms with Crippen LogP contribution in [0.15, 0.2) is 30.3 Å². The van der Waals surface area contributed by atoms with E-state index in [9.17, 15) is 0 Å². The second-order valence-electron chi connectivity index (χ2n) is 3.40. The highest BCUT2D eigenvalue weighted by molar-refractivity contribution is 6.30. The lowest BCUT2D eigenvalue weighted by Crippen LogP contribution is -2.21. The summed E-state index contributed by atoms with van der Waals surface area (Å²) in [7, 11) is 0. The van der Waals surface area contributed by atoms with Crippen LogP contribution in [-0.2, 0) is 0 Å². The molecule has 0 amide bonds. The van der Waals surface area contributed by atoms with Gasteiger partial charge in [-0.3, -0.25) is 0 Å². The molecule has 2 nitrogen and oxygen atoms in total. The maximum atomic E-state index is 8.88. The Morgan fingerprint density at radius 1 is 1.47 bits per heavy atom. The molecule has 0 saturated carbocycles. The lowest BCUT2D eigenvalue weighted by molar-refractivity contribution is 0.284. The number of halogens is 1. The molecule has 0 aliphatic carbocycles. The molecule has 0 aliphatic heterocycles. The van der Waals surface area contributed by atoms with Crippen molar-refractivity contribution in [1.29, 1.82) is 0 Å². The van der Waals surface area contributed by atoms with Gasteiger partial charge in [-0.1, -0.05) is 36.7 Å². The SMILES string of the molecule is CCC(=C[C@H](N)CO)c1ccc(Cl)cc1. The van der Waals surface area contributed by atoms with E-state index in [1.165, 1.54) is 0 Å². The van der Waals surface area contributed by atoms with E-state index in [-0.39, 0.29) is 12.6 Å². The van der Waals surface area contributed by atoms with Crippen molar-refractivity contribution in [2.45, 2.75) is 19.4 Å². The summed E-state index contributed by atoms with van der Waals surface area (Å²) in [5, 5.41) is 9.60. The Bertz CT molecular complexity index is 332. The lowest BCUT2D eigenvalue weighted by atomic mass is 10.0. The summed E-state index contributed by atoms with van der Waals surface area (Å²) in [6, 6.07) is 7.33. The zero-order valence-electron chi connectivity index (χ0n) is 8.78. The largest absolute Gasteiger partial charge is 0.394 e. The van der Waals surface area contributed by atoms with Crippen LogP contribution in [0, 0.1) is 0 Å². The molecule has 0 heterocycles. The average Bonchev–Trinajstić information content (AvgIpc) is 2.27. The van der Waals surface area contributed by atoms with Crippen LogP contribution >= 0.6 is 11.6 Å². The van der Waals surface area contributed by atoms with Crippen molar-refractivity contribution in [2.24, 2.45) is 5.73 Å². The molecule has 0 aromatic heterocycles. The van der Waals surface area contributed by atoms with Gasteiger partial charge in [-0.15, -0.1) is 0 Å². The number of rotatable bonds is 4. The minimum absolute atomic E-state index is 0.0307. The monoisotopic (exact) mass is 225 g/mol. The van der Waals surface area contributed by atoms with Gasteiger partial charge in [0.1, 0.15) is 0 Å². The number of hydrogen-bond donors (Lipinski definition) is 2. The summed E-state index contributed by atoms with van der Waals surface area (Å²) in [6.45, 7) is 2.03. The van der Waals surface area contributed by atoms with Gasteiger partial charge in [0.25, 0.3) is 0 Å². The minimum Gasteiger partial charge on any atom is -0.394 e. The fraction of sp³-hybridized carbons (Fsp3) is 0.333. The Morgan fingerprint density at radius 3 is 2.53 bits per heavy atom. The number of hydrogen-bond acceptors (Lipinski definition) is 2. The number of benzene rings is 1. The summed E-state index contributed by atoms with van der Waals surface area (Å²) in [5.74, 6) is 0. The van der Waals surface area contributed by atoms with E-state index < -0.39 is 0 Å². The first-order valence-electron chi connectivity index (χ1n) is 5.00. The van der Waals surface area contributed by atoms with Crippen LogP contribution in [0.5, 0.6) is 0 Å². The van der Waals surface area contributed by atoms with E-state index in [0.29, 0.717) is 0 Å². The fourth-order valence-electron chi connectivity index (χ4n) is 1.39. The zero-order chi connectivity index (χ0) is 11.3. The Kier molecular flexibility index (Phi) is 4.82. The van der Waals surface area contributed by atoms with Gasteiger partial charge < -0.3 is 10.8 Å². The van der Waals surface area contributed by atoms with Crippen LogP contribution < -0.4 is 5.73 Å². The quantitative estimate of drug-likeness (QED) is 0.827. The van der Waals surface area contributed by atoms with Crippen LogP contribution in [0.2, 0.25) is 5.02 Å². The van der Waals surface area contributed by atoms with Gasteiger partial charge in [0.2, 0.25) is 0 Å². The van der Waals surface area contributed by atoms with Gasteiger partial charge in [0.05, 0.1) is 6.61 Å². The molecule has 0 bridgehead atoms. The first-order chi connectivity index (χ1) is 7.17. The molecule has 0 radical (unpaired) electrons. The van der Waals surface area contributed by atoms with E-state index in [1.807, 2.05) is 30.3 Å². The van der Waals surface area contributed by atoms with E-state index in [0.717, 1.165) is 22.6 Å². The van der Waals surface area contributed by atoms with Crippen LogP contribution in [0.25, 0.3) is 5.57 Å². The Balaban J connectivity index is 2.92. The normalized spacial score (nSPS) is 14.0. The van der Waals surface area contributed by atoms with Crippen LogP contribution in [0.4, 0.5) is 0 Å². The maximum Gasteiger partial charge on any atom is 0.0618 e. The molecule has 0 spiro atoms. The van der Waals surface area contributed by atoms with E-state index in [4.69, 9.17) is 22.4 Å². The smallest absolute Gasteiger partial charge is 0.0618 e. The highest BCUT2D eigenvalue weighted by Gasteiger charge is 2.02. The van der Waals surface area contributed by atoms with E-state index in [1.54, 1.807) is 0 Å². The molecule has 0 unspecified atom stereocenters. The van der Waals surface area contributed by atoms with Gasteiger partial charge >= 0.3 is 0 Å². The first kappa shape index (κ1) is 12.2. The van der Waals surface area contributed by atoms with Gasteiger partial charge in [-0.25, -0.2) is 0 Å². The highest BCUT2D eigenvalue weighted by atomic mass is 35.5. The Labute approximate surface area is 95.4 Å². The fourth-order valence-corrected chi connectivity index (χ4v) is 1.52. The minimum atomic E-state index is -0.296. The summed E-state index contributed by atoms with van der Waals surface area (Å²) in [5.41, 5.74) is 7.90. The third-order valence-corrected chi connectivity index (χ3v) is 2.47. The summed E-state index contributed by atoms with van der Waals surface area (Å²) in [4.78, 5) is 0. The van der Waals surface area contributed by atoms with Gasteiger partial charge in [0.15, 0.2) is 0 Å². The van der Waals surface area contributed by atoms with E-state index >= 15 is 0 Å². The Hall–Kier alpha value is -0.830. The molecule has 15 heavy (non-hydrogen) atoms. The van der Waals surface area contributed by atoms with Crippen molar-refractivity contribution in [3.63, 3.8) is 0 Å². The second kappa shape index (κ2) is 5.91. The summed E-state index contributed by atoms with van der Waals surface area (Å²) >= 11 is 5.81. The molecular weight excluding hydrogens is 210 g/mol. The van der Waals surface area contributed by atoms with Gasteiger partial charge in [-0.2, -0.15) is 0 Å². The predicted octanol–water partition coefficient (Wildman–Crippen LogP) is 2.45. The third kappa shape index (κ3) is 3.67. The highest BCUT2D eigenvalue weighted by Crippen LogP contribution is 2.20. The molecule has 1 atom stereocenters. The zero-order valence-corrected chi connectivity index (χ0v) is 9.54. The number of aliphatic hydroxyl groups is 1. The van der Waals surface area contributed by atoms with Crippen molar-refractivity contribution in [2.75, 3.05) is 6.61 Å². The van der Waals surface area contributed by atoms with Crippen molar-refractivity contribution in [3.8, 4) is 0 Å². The number of allylic oxidation sites excluding steroid dienone is 1. The molecule has 1 rings (SSSR count). The van der Waals surface area contributed by atoms with Crippen LogP contribution in [-0.4, -0.2) is 17.8 Å². The topological polar surface area (TPSA) is 46.2 Å². The standard InChI is InChI=1S/C12H16ClNO/c1-2-9(7-12(14)8-15)10-3-5-11(13)6-4-10/h3-7,12,15H,2,8,14H2,1H3/t12-/m0/s1. The van der Waals surface area contributed by atoms with Crippen molar-refractivity contribution in [1.82, 2.24) is 0 Å². The molecule has 3 N–H and O–H groups in total. The molecule has 0 aliphatic rings. The molecule has 0 fully saturated rings. The molecular formula is C12H16ClNO. The number of aliphatic hydroxyl groups excluding tert-OH is 1. The second-order valence-corrected chi connectivity index (χ2v) is 3.84. The van der Waals surface area contributed by atoms with E-state index in [2.05, 4.69) is 6.92 Å². The number of nitrogens with two attached hydrogens (primary N) is 1. The van der Waals surface area contributed by atoms with Gasteiger partial charge in [0, 0.05) is 11.1 Å².